The summed E-state index contributed by atoms with van der Waals surface area (Å²) in [5.74, 6) is 0. The first-order chi connectivity index (χ1) is 7.26. The highest BCUT2D eigenvalue weighted by atomic mass is 16.3. The number of hydrogen-bond acceptors (Lipinski definition) is 3. The largest absolute Gasteiger partial charge is 0.387 e. The summed E-state index contributed by atoms with van der Waals surface area (Å²) in [5, 5.41) is 9.59. The summed E-state index contributed by atoms with van der Waals surface area (Å²) in [6, 6.07) is 5.76. The second kappa shape index (κ2) is 4.00. The number of aryl methyl sites for hydroxylation is 1. The van der Waals surface area contributed by atoms with Crippen molar-refractivity contribution in [2.75, 3.05) is 6.54 Å². The van der Waals surface area contributed by atoms with Gasteiger partial charge in [0.2, 0.25) is 0 Å². The van der Waals surface area contributed by atoms with Gasteiger partial charge in [-0.1, -0.05) is 6.07 Å². The number of aromatic nitrogens is 2. The third kappa shape index (κ3) is 1.73. The Labute approximate surface area is 88.3 Å². The molecule has 0 aliphatic rings. The molecule has 80 valence electrons. The maximum atomic E-state index is 9.59. The van der Waals surface area contributed by atoms with Crippen LogP contribution in [-0.4, -0.2) is 21.2 Å². The number of nitrogens with zero attached hydrogens (tertiary/aromatic N) is 2. The summed E-state index contributed by atoms with van der Waals surface area (Å²) < 4.78 is 2.06. The van der Waals surface area contributed by atoms with E-state index in [2.05, 4.69) is 16.5 Å². The molecule has 2 aromatic rings. The van der Waals surface area contributed by atoms with Crippen LogP contribution in [0.1, 0.15) is 18.6 Å². The van der Waals surface area contributed by atoms with Gasteiger partial charge in [0.15, 0.2) is 0 Å². The van der Waals surface area contributed by atoms with Gasteiger partial charge >= 0.3 is 0 Å². The predicted molar refractivity (Wildman–Crippen MR) is 59.4 cm³/mol. The molecule has 1 atom stereocenters. The third-order valence-corrected chi connectivity index (χ3v) is 2.59. The van der Waals surface area contributed by atoms with Crippen molar-refractivity contribution in [2.24, 2.45) is 5.73 Å². The van der Waals surface area contributed by atoms with Gasteiger partial charge in [-0.25, -0.2) is 4.98 Å². The fourth-order valence-electron chi connectivity index (χ4n) is 1.68. The highest BCUT2D eigenvalue weighted by Gasteiger charge is 2.07. The lowest BCUT2D eigenvalue weighted by molar-refractivity contribution is 0.187. The van der Waals surface area contributed by atoms with E-state index in [9.17, 15) is 5.11 Å². The topological polar surface area (TPSA) is 64.1 Å². The molecule has 0 aliphatic heterocycles. The number of rotatable bonds is 3. The number of hydrogen-bond donors (Lipinski definition) is 2. The van der Waals surface area contributed by atoms with E-state index in [1.807, 2.05) is 24.5 Å². The first-order valence-electron chi connectivity index (χ1n) is 5.09. The SMILES string of the molecule is CCn1cnc2cc(C(O)CN)ccc21. The molecule has 0 saturated heterocycles. The summed E-state index contributed by atoms with van der Waals surface area (Å²) in [6.07, 6.45) is 1.21. The van der Waals surface area contributed by atoms with Crippen LogP contribution in [0.3, 0.4) is 0 Å². The highest BCUT2D eigenvalue weighted by Crippen LogP contribution is 2.19. The van der Waals surface area contributed by atoms with Gasteiger partial charge in [-0.3, -0.25) is 0 Å². The van der Waals surface area contributed by atoms with Crippen LogP contribution in [0.5, 0.6) is 0 Å². The molecule has 0 radical (unpaired) electrons. The van der Waals surface area contributed by atoms with Crippen LogP contribution in [0.25, 0.3) is 11.0 Å². The Hall–Kier alpha value is -1.39. The molecule has 1 unspecified atom stereocenters. The molecule has 0 bridgehead atoms. The van der Waals surface area contributed by atoms with Gasteiger partial charge in [-0.05, 0) is 24.6 Å². The fourth-order valence-corrected chi connectivity index (χ4v) is 1.68. The van der Waals surface area contributed by atoms with Gasteiger partial charge in [0.25, 0.3) is 0 Å². The minimum Gasteiger partial charge on any atom is -0.387 e. The zero-order valence-electron chi connectivity index (χ0n) is 8.72. The summed E-state index contributed by atoms with van der Waals surface area (Å²) >= 11 is 0. The van der Waals surface area contributed by atoms with Gasteiger partial charge in [-0.2, -0.15) is 0 Å². The number of benzene rings is 1. The standard InChI is InChI=1S/C11H15N3O/c1-2-14-7-13-9-5-8(11(15)6-12)3-4-10(9)14/h3-5,7,11,15H,2,6,12H2,1H3. The average molecular weight is 205 g/mol. The average Bonchev–Trinajstić information content (AvgIpc) is 2.69. The van der Waals surface area contributed by atoms with E-state index in [1.165, 1.54) is 0 Å². The third-order valence-electron chi connectivity index (χ3n) is 2.59. The molecule has 1 aromatic carbocycles. The van der Waals surface area contributed by atoms with Crippen LogP contribution in [0.15, 0.2) is 24.5 Å². The normalized spacial score (nSPS) is 13.3. The van der Waals surface area contributed by atoms with Gasteiger partial charge in [-0.15, -0.1) is 0 Å². The molecule has 2 rings (SSSR count). The minimum atomic E-state index is -0.596. The van der Waals surface area contributed by atoms with E-state index >= 15 is 0 Å². The molecule has 0 spiro atoms. The Morgan fingerprint density at radius 3 is 3.00 bits per heavy atom. The van der Waals surface area contributed by atoms with Crippen LogP contribution in [0.2, 0.25) is 0 Å². The van der Waals surface area contributed by atoms with Crippen molar-refractivity contribution in [3.8, 4) is 0 Å². The van der Waals surface area contributed by atoms with Gasteiger partial charge in [0, 0.05) is 13.1 Å². The number of fused-ring (bicyclic) bond motifs is 1. The molecular weight excluding hydrogens is 190 g/mol. The maximum Gasteiger partial charge on any atom is 0.0958 e. The van der Waals surface area contributed by atoms with Gasteiger partial charge in [0.1, 0.15) is 0 Å². The van der Waals surface area contributed by atoms with E-state index in [0.29, 0.717) is 0 Å². The minimum absolute atomic E-state index is 0.236. The van der Waals surface area contributed by atoms with Gasteiger partial charge < -0.3 is 15.4 Å². The molecule has 1 heterocycles. The summed E-state index contributed by atoms with van der Waals surface area (Å²) in [5.41, 5.74) is 8.22. The van der Waals surface area contributed by atoms with E-state index < -0.39 is 6.10 Å². The quantitative estimate of drug-likeness (QED) is 0.787. The Kier molecular flexibility index (Phi) is 2.70. The Morgan fingerprint density at radius 2 is 2.33 bits per heavy atom. The highest BCUT2D eigenvalue weighted by molar-refractivity contribution is 5.76. The van der Waals surface area contributed by atoms with E-state index in [1.54, 1.807) is 0 Å². The molecule has 0 amide bonds. The van der Waals surface area contributed by atoms with Crippen LogP contribution in [0, 0.1) is 0 Å². The number of imidazole rings is 1. The van der Waals surface area contributed by atoms with Crippen molar-refractivity contribution < 1.29 is 5.11 Å². The second-order valence-corrected chi connectivity index (χ2v) is 3.53. The van der Waals surface area contributed by atoms with Crippen LogP contribution < -0.4 is 5.73 Å². The van der Waals surface area contributed by atoms with Crippen LogP contribution >= 0.6 is 0 Å². The van der Waals surface area contributed by atoms with Crippen LogP contribution in [0.4, 0.5) is 0 Å². The predicted octanol–water partition coefficient (Wildman–Crippen LogP) is 1.05. The Balaban J connectivity index is 2.48. The first kappa shape index (κ1) is 10.1. The van der Waals surface area contributed by atoms with Crippen molar-refractivity contribution >= 4 is 11.0 Å². The van der Waals surface area contributed by atoms with Crippen molar-refractivity contribution in [1.82, 2.24) is 9.55 Å². The molecule has 4 nitrogen and oxygen atoms in total. The summed E-state index contributed by atoms with van der Waals surface area (Å²) in [4.78, 5) is 4.28. The molecule has 1 aromatic heterocycles. The second-order valence-electron chi connectivity index (χ2n) is 3.53. The van der Waals surface area contributed by atoms with E-state index in [0.717, 1.165) is 23.1 Å². The lowest BCUT2D eigenvalue weighted by Crippen LogP contribution is -2.11. The lowest BCUT2D eigenvalue weighted by Gasteiger charge is -2.07. The zero-order valence-corrected chi connectivity index (χ0v) is 8.72. The number of aliphatic hydroxyl groups excluding tert-OH is 1. The van der Waals surface area contributed by atoms with Crippen molar-refractivity contribution in [3.05, 3.63) is 30.1 Å². The van der Waals surface area contributed by atoms with Crippen molar-refractivity contribution in [3.63, 3.8) is 0 Å². The van der Waals surface area contributed by atoms with Gasteiger partial charge in [0.05, 0.1) is 23.5 Å². The van der Waals surface area contributed by atoms with Crippen LogP contribution in [-0.2, 0) is 6.54 Å². The monoisotopic (exact) mass is 205 g/mol. The molecular formula is C11H15N3O. The molecule has 0 saturated carbocycles. The molecule has 0 fully saturated rings. The number of nitrogens with two attached hydrogens (primary N) is 1. The van der Waals surface area contributed by atoms with E-state index in [4.69, 9.17) is 5.73 Å². The van der Waals surface area contributed by atoms with Crippen molar-refractivity contribution in [1.29, 1.82) is 0 Å². The lowest BCUT2D eigenvalue weighted by atomic mass is 10.1. The molecule has 15 heavy (non-hydrogen) atoms. The van der Waals surface area contributed by atoms with Crippen molar-refractivity contribution in [2.45, 2.75) is 19.6 Å². The molecule has 3 N–H and O–H groups in total. The Morgan fingerprint density at radius 1 is 1.53 bits per heavy atom. The first-order valence-corrected chi connectivity index (χ1v) is 5.09. The molecule has 0 aliphatic carbocycles. The summed E-state index contributed by atoms with van der Waals surface area (Å²) in [6.45, 7) is 3.21. The zero-order chi connectivity index (χ0) is 10.8. The fraction of sp³-hybridized carbons (Fsp3) is 0.364. The summed E-state index contributed by atoms with van der Waals surface area (Å²) in [7, 11) is 0. The Bertz CT molecular complexity index is 464. The smallest absolute Gasteiger partial charge is 0.0958 e. The van der Waals surface area contributed by atoms with E-state index in [-0.39, 0.29) is 6.54 Å². The maximum absolute atomic E-state index is 9.59. The molecule has 4 heteroatoms. The number of aliphatic hydroxyl groups is 1.